The van der Waals surface area contributed by atoms with Gasteiger partial charge in [-0.3, -0.25) is 4.79 Å². The van der Waals surface area contributed by atoms with Crippen LogP contribution < -0.4 is 10.6 Å². The van der Waals surface area contributed by atoms with Gasteiger partial charge in [-0.2, -0.15) is 0 Å². The van der Waals surface area contributed by atoms with E-state index in [0.29, 0.717) is 12.1 Å². The summed E-state index contributed by atoms with van der Waals surface area (Å²) in [4.78, 5) is 11.0. The van der Waals surface area contributed by atoms with Gasteiger partial charge in [-0.05, 0) is 37.0 Å². The van der Waals surface area contributed by atoms with Gasteiger partial charge in [0.15, 0.2) is 0 Å². The lowest BCUT2D eigenvalue weighted by Gasteiger charge is -2.15. The Hall–Kier alpha value is -1.35. The Balaban J connectivity index is 1.97. The van der Waals surface area contributed by atoms with E-state index in [4.69, 9.17) is 0 Å². The van der Waals surface area contributed by atoms with Gasteiger partial charge in [-0.1, -0.05) is 25.5 Å². The van der Waals surface area contributed by atoms with E-state index in [1.165, 1.54) is 25.3 Å². The standard InChI is InChI=1S/C15H22N2O/c1-4-12-9-15(12)16-10(2)13-6-5-7-14(8-13)17-11(3)18/h5-8,10,12,15-16H,4,9H2,1-3H3,(H,17,18). The molecule has 3 atom stereocenters. The van der Waals surface area contributed by atoms with Gasteiger partial charge < -0.3 is 10.6 Å². The molecule has 2 rings (SSSR count). The first-order valence-corrected chi connectivity index (χ1v) is 6.73. The summed E-state index contributed by atoms with van der Waals surface area (Å²) in [5.74, 6) is 0.826. The van der Waals surface area contributed by atoms with Crippen LogP contribution in [0, 0.1) is 5.92 Å². The molecule has 18 heavy (non-hydrogen) atoms. The van der Waals surface area contributed by atoms with E-state index < -0.39 is 0 Å². The van der Waals surface area contributed by atoms with Crippen molar-refractivity contribution in [1.29, 1.82) is 0 Å². The quantitative estimate of drug-likeness (QED) is 0.838. The van der Waals surface area contributed by atoms with Gasteiger partial charge in [0.25, 0.3) is 0 Å². The van der Waals surface area contributed by atoms with Gasteiger partial charge >= 0.3 is 0 Å². The Kier molecular flexibility index (Phi) is 4.02. The molecule has 3 nitrogen and oxygen atoms in total. The first-order valence-electron chi connectivity index (χ1n) is 6.73. The van der Waals surface area contributed by atoms with Crippen molar-refractivity contribution in [2.45, 2.75) is 45.7 Å². The highest BCUT2D eigenvalue weighted by Gasteiger charge is 2.35. The minimum absolute atomic E-state index is 0.0268. The maximum absolute atomic E-state index is 11.0. The molecule has 1 aromatic carbocycles. The van der Waals surface area contributed by atoms with Crippen LogP contribution in [0.1, 0.15) is 45.2 Å². The third-order valence-corrected chi connectivity index (χ3v) is 3.62. The largest absolute Gasteiger partial charge is 0.326 e. The third kappa shape index (κ3) is 3.33. The maximum atomic E-state index is 11.0. The molecular formula is C15H22N2O. The molecule has 3 heteroatoms. The maximum Gasteiger partial charge on any atom is 0.221 e. The Morgan fingerprint density at radius 3 is 2.89 bits per heavy atom. The highest BCUT2D eigenvalue weighted by Crippen LogP contribution is 2.35. The topological polar surface area (TPSA) is 41.1 Å². The van der Waals surface area contributed by atoms with Crippen molar-refractivity contribution in [3.8, 4) is 0 Å². The Bertz CT molecular complexity index is 430. The van der Waals surface area contributed by atoms with E-state index in [-0.39, 0.29) is 5.91 Å². The highest BCUT2D eigenvalue weighted by molar-refractivity contribution is 5.88. The monoisotopic (exact) mass is 246 g/mol. The summed E-state index contributed by atoms with van der Waals surface area (Å²) in [7, 11) is 0. The van der Waals surface area contributed by atoms with E-state index in [1.54, 1.807) is 0 Å². The lowest BCUT2D eigenvalue weighted by Crippen LogP contribution is -2.22. The van der Waals surface area contributed by atoms with Crippen LogP contribution in [0.3, 0.4) is 0 Å². The first-order chi connectivity index (χ1) is 8.60. The smallest absolute Gasteiger partial charge is 0.221 e. The predicted octanol–water partition coefficient (Wildman–Crippen LogP) is 3.09. The van der Waals surface area contributed by atoms with E-state index in [0.717, 1.165) is 11.6 Å². The second kappa shape index (κ2) is 5.53. The number of carbonyl (C=O) groups is 1. The van der Waals surface area contributed by atoms with Gasteiger partial charge in [0.2, 0.25) is 5.91 Å². The second-order valence-electron chi connectivity index (χ2n) is 5.21. The molecule has 2 N–H and O–H groups in total. The van der Waals surface area contributed by atoms with Crippen LogP contribution in [-0.4, -0.2) is 11.9 Å². The molecule has 0 aliphatic heterocycles. The molecular weight excluding hydrogens is 224 g/mol. The summed E-state index contributed by atoms with van der Waals surface area (Å²) in [6.45, 7) is 5.96. The van der Waals surface area contributed by atoms with Crippen molar-refractivity contribution < 1.29 is 4.79 Å². The van der Waals surface area contributed by atoms with Gasteiger partial charge in [0.05, 0.1) is 0 Å². The molecule has 1 aliphatic rings. The molecule has 0 spiro atoms. The fourth-order valence-electron chi connectivity index (χ4n) is 2.41. The van der Waals surface area contributed by atoms with E-state index in [9.17, 15) is 4.79 Å². The van der Waals surface area contributed by atoms with Crippen molar-refractivity contribution in [2.24, 2.45) is 5.92 Å². The lowest BCUT2D eigenvalue weighted by atomic mass is 10.1. The molecule has 0 saturated heterocycles. The average molecular weight is 246 g/mol. The van der Waals surface area contributed by atoms with Gasteiger partial charge in [-0.15, -0.1) is 0 Å². The van der Waals surface area contributed by atoms with Crippen LogP contribution >= 0.6 is 0 Å². The van der Waals surface area contributed by atoms with Gasteiger partial charge in [0, 0.05) is 24.7 Å². The normalized spacial score (nSPS) is 23.5. The van der Waals surface area contributed by atoms with Crippen molar-refractivity contribution >= 4 is 11.6 Å². The fourth-order valence-corrected chi connectivity index (χ4v) is 2.41. The van der Waals surface area contributed by atoms with E-state index in [1.807, 2.05) is 18.2 Å². The molecule has 0 bridgehead atoms. The van der Waals surface area contributed by atoms with Crippen molar-refractivity contribution in [1.82, 2.24) is 5.32 Å². The average Bonchev–Trinajstić information content (AvgIpc) is 3.07. The number of hydrogen-bond acceptors (Lipinski definition) is 2. The van der Waals surface area contributed by atoms with Crippen molar-refractivity contribution in [3.05, 3.63) is 29.8 Å². The summed E-state index contributed by atoms with van der Waals surface area (Å²) < 4.78 is 0. The number of benzene rings is 1. The van der Waals surface area contributed by atoms with Crippen LogP contribution in [0.25, 0.3) is 0 Å². The Labute approximate surface area is 109 Å². The molecule has 1 saturated carbocycles. The highest BCUT2D eigenvalue weighted by atomic mass is 16.1. The number of rotatable bonds is 5. The van der Waals surface area contributed by atoms with Crippen LogP contribution in [0.5, 0.6) is 0 Å². The number of amides is 1. The van der Waals surface area contributed by atoms with Gasteiger partial charge in [-0.25, -0.2) is 0 Å². The van der Waals surface area contributed by atoms with Crippen LogP contribution in [0.2, 0.25) is 0 Å². The fraction of sp³-hybridized carbons (Fsp3) is 0.533. The molecule has 1 aromatic rings. The molecule has 1 aliphatic carbocycles. The van der Waals surface area contributed by atoms with Crippen molar-refractivity contribution in [3.63, 3.8) is 0 Å². The van der Waals surface area contributed by atoms with E-state index >= 15 is 0 Å². The predicted molar refractivity (Wildman–Crippen MR) is 74.5 cm³/mol. The molecule has 1 fully saturated rings. The molecule has 0 radical (unpaired) electrons. The minimum Gasteiger partial charge on any atom is -0.326 e. The zero-order chi connectivity index (χ0) is 13.1. The Morgan fingerprint density at radius 2 is 2.28 bits per heavy atom. The summed E-state index contributed by atoms with van der Waals surface area (Å²) in [6.07, 6.45) is 2.56. The zero-order valence-electron chi connectivity index (χ0n) is 11.4. The van der Waals surface area contributed by atoms with E-state index in [2.05, 4.69) is 30.5 Å². The summed E-state index contributed by atoms with van der Waals surface area (Å²) in [6, 6.07) is 9.07. The van der Waals surface area contributed by atoms with Crippen LogP contribution in [0.15, 0.2) is 24.3 Å². The summed E-state index contributed by atoms with van der Waals surface area (Å²) in [5.41, 5.74) is 2.10. The van der Waals surface area contributed by atoms with Crippen molar-refractivity contribution in [2.75, 3.05) is 5.32 Å². The molecule has 0 aromatic heterocycles. The van der Waals surface area contributed by atoms with Gasteiger partial charge in [0.1, 0.15) is 0 Å². The molecule has 3 unspecified atom stereocenters. The number of nitrogens with one attached hydrogen (secondary N) is 2. The van der Waals surface area contributed by atoms with Crippen LogP contribution in [-0.2, 0) is 4.79 Å². The summed E-state index contributed by atoms with van der Waals surface area (Å²) in [5, 5.41) is 6.46. The number of hydrogen-bond donors (Lipinski definition) is 2. The third-order valence-electron chi connectivity index (χ3n) is 3.62. The zero-order valence-corrected chi connectivity index (χ0v) is 11.4. The second-order valence-corrected chi connectivity index (χ2v) is 5.21. The number of carbonyl (C=O) groups excluding carboxylic acids is 1. The molecule has 1 amide bonds. The minimum atomic E-state index is -0.0268. The summed E-state index contributed by atoms with van der Waals surface area (Å²) >= 11 is 0. The molecule has 98 valence electrons. The lowest BCUT2D eigenvalue weighted by molar-refractivity contribution is -0.114. The molecule has 0 heterocycles. The first kappa shape index (κ1) is 13.1. The number of anilines is 1. The Morgan fingerprint density at radius 1 is 1.50 bits per heavy atom. The van der Waals surface area contributed by atoms with Crippen LogP contribution in [0.4, 0.5) is 5.69 Å². The SMILES string of the molecule is CCC1CC1NC(C)c1cccc(NC(C)=O)c1.